The van der Waals surface area contributed by atoms with Gasteiger partial charge in [-0.25, -0.2) is 4.79 Å². The first kappa shape index (κ1) is 16.9. The number of carbonyl (C=O) groups excluding carboxylic acids is 1. The third-order valence-corrected chi connectivity index (χ3v) is 3.13. The van der Waals surface area contributed by atoms with Gasteiger partial charge in [0.25, 0.3) is 0 Å². The first-order chi connectivity index (χ1) is 11.3. The SMILES string of the molecule is COc1ccc(C(=O)Oc2cc(C)ccc2[N+](=O)[O-])cc1[N+](=O)[O-]. The Balaban J connectivity index is 2.37. The zero-order valence-corrected chi connectivity index (χ0v) is 12.7. The smallest absolute Gasteiger partial charge is 0.344 e. The summed E-state index contributed by atoms with van der Waals surface area (Å²) in [4.78, 5) is 32.8. The Bertz CT molecular complexity index is 833. The van der Waals surface area contributed by atoms with Crippen LogP contribution in [0.3, 0.4) is 0 Å². The number of hydrogen-bond acceptors (Lipinski definition) is 7. The summed E-state index contributed by atoms with van der Waals surface area (Å²) in [5, 5.41) is 22.0. The maximum Gasteiger partial charge on any atom is 0.344 e. The molecule has 0 aliphatic rings. The van der Waals surface area contributed by atoms with Gasteiger partial charge >= 0.3 is 17.3 Å². The first-order valence-corrected chi connectivity index (χ1v) is 6.63. The van der Waals surface area contributed by atoms with Gasteiger partial charge in [0.1, 0.15) is 0 Å². The molecule has 2 aromatic carbocycles. The Kier molecular flexibility index (Phi) is 4.73. The molecule has 0 atom stereocenters. The largest absolute Gasteiger partial charge is 0.490 e. The molecule has 2 aromatic rings. The van der Waals surface area contributed by atoms with E-state index in [4.69, 9.17) is 9.47 Å². The number of carbonyl (C=O) groups is 1. The van der Waals surface area contributed by atoms with Gasteiger partial charge in [-0.15, -0.1) is 0 Å². The van der Waals surface area contributed by atoms with Crippen molar-refractivity contribution in [3.63, 3.8) is 0 Å². The van der Waals surface area contributed by atoms with Gasteiger partial charge in [-0.3, -0.25) is 20.2 Å². The minimum Gasteiger partial charge on any atom is -0.490 e. The van der Waals surface area contributed by atoms with Crippen LogP contribution in [0, 0.1) is 27.2 Å². The third-order valence-electron chi connectivity index (χ3n) is 3.13. The predicted octanol–water partition coefficient (Wildman–Crippen LogP) is 3.04. The lowest BCUT2D eigenvalue weighted by atomic mass is 10.2. The fraction of sp³-hybridized carbons (Fsp3) is 0.133. The number of esters is 1. The molecule has 0 fully saturated rings. The van der Waals surface area contributed by atoms with Crippen molar-refractivity contribution >= 4 is 17.3 Å². The number of benzene rings is 2. The molecule has 0 radical (unpaired) electrons. The molecule has 2 rings (SSSR count). The van der Waals surface area contributed by atoms with E-state index in [-0.39, 0.29) is 22.7 Å². The second-order valence-corrected chi connectivity index (χ2v) is 4.76. The van der Waals surface area contributed by atoms with Crippen LogP contribution < -0.4 is 9.47 Å². The topological polar surface area (TPSA) is 122 Å². The Morgan fingerprint density at radius 1 is 0.958 bits per heavy atom. The number of nitrogens with zero attached hydrogens (tertiary/aromatic N) is 2. The quantitative estimate of drug-likeness (QED) is 0.357. The molecule has 0 heterocycles. The van der Waals surface area contributed by atoms with E-state index >= 15 is 0 Å². The maximum atomic E-state index is 12.2. The van der Waals surface area contributed by atoms with Crippen molar-refractivity contribution in [1.29, 1.82) is 0 Å². The summed E-state index contributed by atoms with van der Waals surface area (Å²) in [7, 11) is 1.26. The van der Waals surface area contributed by atoms with E-state index in [9.17, 15) is 25.0 Å². The fourth-order valence-corrected chi connectivity index (χ4v) is 1.97. The van der Waals surface area contributed by atoms with E-state index in [1.165, 1.54) is 37.4 Å². The summed E-state index contributed by atoms with van der Waals surface area (Å²) in [6.07, 6.45) is 0. The van der Waals surface area contributed by atoms with Crippen molar-refractivity contribution in [2.24, 2.45) is 0 Å². The average Bonchev–Trinajstić information content (AvgIpc) is 2.53. The van der Waals surface area contributed by atoms with E-state index in [0.717, 1.165) is 6.07 Å². The minimum absolute atomic E-state index is 0.0157. The predicted molar refractivity (Wildman–Crippen MR) is 82.4 cm³/mol. The maximum absolute atomic E-state index is 12.2. The highest BCUT2D eigenvalue weighted by molar-refractivity contribution is 5.92. The van der Waals surface area contributed by atoms with Gasteiger partial charge in [-0.2, -0.15) is 0 Å². The van der Waals surface area contributed by atoms with Gasteiger partial charge in [0, 0.05) is 12.1 Å². The Labute approximate surface area is 135 Å². The van der Waals surface area contributed by atoms with Gasteiger partial charge in [0.2, 0.25) is 5.75 Å². The summed E-state index contributed by atoms with van der Waals surface area (Å²) in [5.74, 6) is -1.20. The lowest BCUT2D eigenvalue weighted by Gasteiger charge is -2.07. The van der Waals surface area contributed by atoms with Crippen LogP contribution in [0.25, 0.3) is 0 Å². The molecular formula is C15H12N2O7. The zero-order chi connectivity index (χ0) is 17.9. The van der Waals surface area contributed by atoms with Crippen LogP contribution in [-0.2, 0) is 0 Å². The van der Waals surface area contributed by atoms with Gasteiger partial charge in [0.05, 0.1) is 22.5 Å². The molecule has 0 aromatic heterocycles. The zero-order valence-electron chi connectivity index (χ0n) is 12.7. The van der Waals surface area contributed by atoms with Gasteiger partial charge in [-0.1, -0.05) is 6.07 Å². The summed E-state index contributed by atoms with van der Waals surface area (Å²) < 4.78 is 9.88. The van der Waals surface area contributed by atoms with E-state index in [1.807, 2.05) is 0 Å². The highest BCUT2D eigenvalue weighted by Gasteiger charge is 2.22. The van der Waals surface area contributed by atoms with Crippen molar-refractivity contribution in [2.45, 2.75) is 6.92 Å². The van der Waals surface area contributed by atoms with Gasteiger partial charge in [-0.05, 0) is 30.7 Å². The third kappa shape index (κ3) is 3.46. The Hall–Kier alpha value is -3.49. The summed E-state index contributed by atoms with van der Waals surface area (Å²) in [6.45, 7) is 1.68. The first-order valence-electron chi connectivity index (χ1n) is 6.63. The fourth-order valence-electron chi connectivity index (χ4n) is 1.97. The number of nitro benzene ring substituents is 2. The molecule has 24 heavy (non-hydrogen) atoms. The molecule has 0 aliphatic carbocycles. The molecule has 0 unspecified atom stereocenters. The molecular weight excluding hydrogens is 320 g/mol. The van der Waals surface area contributed by atoms with Crippen molar-refractivity contribution in [3.05, 3.63) is 67.8 Å². The van der Waals surface area contributed by atoms with Crippen LogP contribution in [0.5, 0.6) is 11.5 Å². The van der Waals surface area contributed by atoms with Crippen molar-refractivity contribution < 1.29 is 24.1 Å². The lowest BCUT2D eigenvalue weighted by Crippen LogP contribution is -2.10. The highest BCUT2D eigenvalue weighted by Crippen LogP contribution is 2.31. The van der Waals surface area contributed by atoms with Crippen LogP contribution in [0.1, 0.15) is 15.9 Å². The normalized spacial score (nSPS) is 10.1. The van der Waals surface area contributed by atoms with Crippen molar-refractivity contribution in [1.82, 2.24) is 0 Å². The molecule has 9 nitrogen and oxygen atoms in total. The van der Waals surface area contributed by atoms with Gasteiger partial charge < -0.3 is 9.47 Å². The molecule has 0 amide bonds. The number of rotatable bonds is 5. The molecule has 9 heteroatoms. The van der Waals surface area contributed by atoms with E-state index in [0.29, 0.717) is 5.56 Å². The number of aryl methyl sites for hydroxylation is 1. The minimum atomic E-state index is -0.950. The second kappa shape index (κ2) is 6.73. The second-order valence-electron chi connectivity index (χ2n) is 4.76. The van der Waals surface area contributed by atoms with Crippen LogP contribution >= 0.6 is 0 Å². The lowest BCUT2D eigenvalue weighted by molar-refractivity contribution is -0.385. The molecule has 0 N–H and O–H groups in total. The Morgan fingerprint density at radius 3 is 2.21 bits per heavy atom. The van der Waals surface area contributed by atoms with Crippen LogP contribution in [-0.4, -0.2) is 22.9 Å². The van der Waals surface area contributed by atoms with Crippen LogP contribution in [0.4, 0.5) is 11.4 Å². The van der Waals surface area contributed by atoms with Crippen molar-refractivity contribution in [3.8, 4) is 11.5 Å². The number of ether oxygens (including phenoxy) is 2. The highest BCUT2D eigenvalue weighted by atomic mass is 16.6. The molecule has 0 spiro atoms. The molecule has 0 bridgehead atoms. The summed E-state index contributed by atoms with van der Waals surface area (Å²) >= 11 is 0. The van der Waals surface area contributed by atoms with Crippen LogP contribution in [0.2, 0.25) is 0 Å². The van der Waals surface area contributed by atoms with Crippen LogP contribution in [0.15, 0.2) is 36.4 Å². The van der Waals surface area contributed by atoms with E-state index < -0.39 is 21.5 Å². The molecule has 0 saturated carbocycles. The number of hydrogen-bond donors (Lipinski definition) is 0. The monoisotopic (exact) mass is 332 g/mol. The Morgan fingerprint density at radius 2 is 1.62 bits per heavy atom. The van der Waals surface area contributed by atoms with Gasteiger partial charge in [0.15, 0.2) is 5.75 Å². The average molecular weight is 332 g/mol. The summed E-state index contributed by atoms with van der Waals surface area (Å²) in [5.41, 5.74) is -0.259. The van der Waals surface area contributed by atoms with E-state index in [1.54, 1.807) is 6.92 Å². The molecule has 0 aliphatic heterocycles. The van der Waals surface area contributed by atoms with E-state index in [2.05, 4.69) is 0 Å². The molecule has 0 saturated heterocycles. The summed E-state index contributed by atoms with van der Waals surface area (Å²) in [6, 6.07) is 7.58. The molecule has 124 valence electrons. The standard InChI is InChI=1S/C15H12N2O7/c1-9-3-5-11(16(19)20)14(7-9)24-15(18)10-4-6-13(23-2)12(8-10)17(21)22/h3-8H,1-2H3. The number of methoxy groups -OCH3 is 1. The number of nitro groups is 2. The van der Waals surface area contributed by atoms with Crippen molar-refractivity contribution in [2.75, 3.05) is 7.11 Å².